The van der Waals surface area contributed by atoms with Crippen LogP contribution in [0.15, 0.2) is 47.4 Å². The van der Waals surface area contributed by atoms with E-state index in [1.807, 2.05) is 18.2 Å². The normalized spacial score (nSPS) is 17.2. The van der Waals surface area contributed by atoms with Gasteiger partial charge in [0, 0.05) is 16.2 Å². The van der Waals surface area contributed by atoms with Gasteiger partial charge in [-0.1, -0.05) is 24.3 Å². The predicted octanol–water partition coefficient (Wildman–Crippen LogP) is 4.01. The lowest BCUT2D eigenvalue weighted by atomic mass is 9.99. The van der Waals surface area contributed by atoms with Crippen molar-refractivity contribution in [2.24, 2.45) is 0 Å². The summed E-state index contributed by atoms with van der Waals surface area (Å²) in [7, 11) is 0. The van der Waals surface area contributed by atoms with Crippen molar-refractivity contribution in [3.8, 4) is 0 Å². The number of thioether (sulfide) groups is 1. The van der Waals surface area contributed by atoms with Crippen LogP contribution in [0.3, 0.4) is 0 Å². The maximum atomic E-state index is 13.8. The van der Waals surface area contributed by atoms with E-state index >= 15 is 0 Å². The van der Waals surface area contributed by atoms with Crippen LogP contribution in [0.4, 0.5) is 8.78 Å². The van der Waals surface area contributed by atoms with Crippen LogP contribution in [0.5, 0.6) is 0 Å². The Kier molecular flexibility index (Phi) is 4.99. The Balaban J connectivity index is 1.84. The number of nitrogens with one attached hydrogen (secondary N) is 2. The molecule has 1 saturated heterocycles. The van der Waals surface area contributed by atoms with Crippen LogP contribution in [0, 0.1) is 11.6 Å². The van der Waals surface area contributed by atoms with E-state index in [9.17, 15) is 8.78 Å². The van der Waals surface area contributed by atoms with Crippen LogP contribution in [-0.4, -0.2) is 13.1 Å². The van der Waals surface area contributed by atoms with Gasteiger partial charge in [0.15, 0.2) is 0 Å². The summed E-state index contributed by atoms with van der Waals surface area (Å²) < 4.78 is 27.6. The van der Waals surface area contributed by atoms with E-state index in [1.165, 1.54) is 30.0 Å². The number of halogens is 2. The van der Waals surface area contributed by atoms with Crippen LogP contribution in [0.1, 0.15) is 24.5 Å². The molecular formula is C18H20F2N2S. The molecule has 5 heteroatoms. The largest absolute Gasteiger partial charge is 0.296 e. The highest BCUT2D eigenvalue weighted by molar-refractivity contribution is 7.98. The van der Waals surface area contributed by atoms with E-state index in [1.54, 1.807) is 0 Å². The predicted molar refractivity (Wildman–Crippen MR) is 90.3 cm³/mol. The zero-order valence-corrected chi connectivity index (χ0v) is 13.9. The molecule has 1 aliphatic rings. The van der Waals surface area contributed by atoms with Crippen LogP contribution in [0.2, 0.25) is 0 Å². The van der Waals surface area contributed by atoms with Gasteiger partial charge in [0.2, 0.25) is 0 Å². The Morgan fingerprint density at radius 1 is 1.00 bits per heavy atom. The Labute approximate surface area is 139 Å². The fourth-order valence-electron chi connectivity index (χ4n) is 2.84. The molecule has 122 valence electrons. The molecule has 0 spiro atoms. The molecule has 1 fully saturated rings. The third-order valence-corrected chi connectivity index (χ3v) is 5.27. The highest BCUT2D eigenvalue weighted by atomic mass is 32.2. The summed E-state index contributed by atoms with van der Waals surface area (Å²) >= 11 is 1.46. The third-order valence-electron chi connectivity index (χ3n) is 4.17. The van der Waals surface area contributed by atoms with Crippen molar-refractivity contribution in [2.75, 3.05) is 13.1 Å². The molecule has 0 saturated carbocycles. The molecule has 2 N–H and O–H groups in total. The minimum absolute atomic E-state index is 0.127. The first-order valence-corrected chi connectivity index (χ1v) is 8.74. The summed E-state index contributed by atoms with van der Waals surface area (Å²) in [5.41, 5.74) is 0.929. The molecule has 0 aromatic heterocycles. The number of benzene rings is 2. The highest BCUT2D eigenvalue weighted by Gasteiger charge is 2.29. The average molecular weight is 334 g/mol. The van der Waals surface area contributed by atoms with Crippen molar-refractivity contribution >= 4 is 11.8 Å². The first kappa shape index (κ1) is 16.4. The Morgan fingerprint density at radius 2 is 1.65 bits per heavy atom. The zero-order chi connectivity index (χ0) is 16.3. The zero-order valence-electron chi connectivity index (χ0n) is 13.0. The summed E-state index contributed by atoms with van der Waals surface area (Å²) in [6.45, 7) is 4.00. The van der Waals surface area contributed by atoms with E-state index in [2.05, 4.69) is 23.6 Å². The topological polar surface area (TPSA) is 24.1 Å². The summed E-state index contributed by atoms with van der Waals surface area (Å²) in [5.74, 6) is -0.712. The van der Waals surface area contributed by atoms with Crippen molar-refractivity contribution in [1.82, 2.24) is 10.6 Å². The lowest BCUT2D eigenvalue weighted by Crippen LogP contribution is -2.56. The summed E-state index contributed by atoms with van der Waals surface area (Å²) in [6, 6.07) is 12.0. The van der Waals surface area contributed by atoms with E-state index < -0.39 is 11.6 Å². The molecule has 2 aromatic rings. The van der Waals surface area contributed by atoms with Gasteiger partial charge in [0.1, 0.15) is 11.6 Å². The lowest BCUT2D eigenvalue weighted by Gasteiger charge is -2.37. The van der Waals surface area contributed by atoms with E-state index in [0.29, 0.717) is 0 Å². The van der Waals surface area contributed by atoms with Gasteiger partial charge in [0.05, 0.1) is 5.66 Å². The standard InChI is InChI=1S/C18H20F2N2S/c1-18(21-10-5-11-22-18)14-6-2-3-9-17(14)23-12-13-15(19)7-4-8-16(13)20/h2-4,6-9,21-22H,5,10-12H2,1H3. The molecule has 0 radical (unpaired) electrons. The minimum Gasteiger partial charge on any atom is -0.296 e. The second-order valence-corrected chi connectivity index (χ2v) is 6.83. The molecule has 2 nitrogen and oxygen atoms in total. The highest BCUT2D eigenvalue weighted by Crippen LogP contribution is 2.33. The van der Waals surface area contributed by atoms with Crippen molar-refractivity contribution in [1.29, 1.82) is 0 Å². The molecule has 3 rings (SSSR count). The first-order chi connectivity index (χ1) is 11.1. The molecule has 1 aliphatic heterocycles. The summed E-state index contributed by atoms with van der Waals surface area (Å²) in [4.78, 5) is 1.03. The van der Waals surface area contributed by atoms with Crippen LogP contribution >= 0.6 is 11.8 Å². The van der Waals surface area contributed by atoms with Gasteiger partial charge in [-0.2, -0.15) is 0 Å². The molecule has 0 atom stereocenters. The van der Waals surface area contributed by atoms with Crippen molar-refractivity contribution < 1.29 is 8.78 Å². The van der Waals surface area contributed by atoms with Crippen molar-refractivity contribution in [3.05, 3.63) is 65.2 Å². The Hall–Kier alpha value is -1.43. The monoisotopic (exact) mass is 334 g/mol. The fourth-order valence-corrected chi connectivity index (χ4v) is 4.02. The molecule has 0 bridgehead atoms. The molecule has 1 heterocycles. The van der Waals surface area contributed by atoms with Gasteiger partial charge in [-0.15, -0.1) is 11.8 Å². The summed E-state index contributed by atoms with van der Waals surface area (Å²) in [5, 5.41) is 7.00. The smallest absolute Gasteiger partial charge is 0.130 e. The average Bonchev–Trinajstić information content (AvgIpc) is 2.55. The summed E-state index contributed by atoms with van der Waals surface area (Å²) in [6.07, 6.45) is 1.09. The van der Waals surface area contributed by atoms with Gasteiger partial charge in [-0.25, -0.2) is 8.78 Å². The minimum atomic E-state index is -0.491. The number of hydrogen-bond donors (Lipinski definition) is 2. The molecule has 0 unspecified atom stereocenters. The molecule has 0 aliphatic carbocycles. The van der Waals surface area contributed by atoms with Gasteiger partial charge in [-0.3, -0.25) is 10.6 Å². The van der Waals surface area contributed by atoms with Gasteiger partial charge in [-0.05, 0) is 50.2 Å². The molecule has 2 aromatic carbocycles. The van der Waals surface area contributed by atoms with Gasteiger partial charge < -0.3 is 0 Å². The van der Waals surface area contributed by atoms with Crippen LogP contribution in [-0.2, 0) is 11.4 Å². The molecule has 0 amide bonds. The fraction of sp³-hybridized carbons (Fsp3) is 0.333. The quantitative estimate of drug-likeness (QED) is 0.826. The van der Waals surface area contributed by atoms with Crippen molar-refractivity contribution in [3.63, 3.8) is 0 Å². The van der Waals surface area contributed by atoms with Gasteiger partial charge in [0.25, 0.3) is 0 Å². The van der Waals surface area contributed by atoms with Gasteiger partial charge >= 0.3 is 0 Å². The van der Waals surface area contributed by atoms with Crippen LogP contribution in [0.25, 0.3) is 0 Å². The van der Waals surface area contributed by atoms with Crippen LogP contribution < -0.4 is 10.6 Å². The number of hydrogen-bond acceptors (Lipinski definition) is 3. The maximum Gasteiger partial charge on any atom is 0.130 e. The van der Waals surface area contributed by atoms with E-state index in [-0.39, 0.29) is 17.0 Å². The molecule has 23 heavy (non-hydrogen) atoms. The first-order valence-electron chi connectivity index (χ1n) is 7.75. The Bertz CT molecular complexity index is 664. The maximum absolute atomic E-state index is 13.8. The SMILES string of the molecule is CC1(c2ccccc2SCc2c(F)cccc2F)NCCCN1. The van der Waals surface area contributed by atoms with E-state index in [4.69, 9.17) is 0 Å². The van der Waals surface area contributed by atoms with E-state index in [0.717, 1.165) is 30.0 Å². The molecular weight excluding hydrogens is 314 g/mol. The third kappa shape index (κ3) is 3.57. The Morgan fingerprint density at radius 3 is 2.35 bits per heavy atom. The number of rotatable bonds is 4. The van der Waals surface area contributed by atoms with Crippen molar-refractivity contribution in [2.45, 2.75) is 29.7 Å². The second kappa shape index (κ2) is 6.99. The lowest BCUT2D eigenvalue weighted by molar-refractivity contribution is 0.244. The second-order valence-electron chi connectivity index (χ2n) is 5.82.